The van der Waals surface area contributed by atoms with Crippen LogP contribution in [0.15, 0.2) is 18.2 Å². The van der Waals surface area contributed by atoms with Crippen LogP contribution in [0.5, 0.6) is 0 Å². The zero-order chi connectivity index (χ0) is 13.2. The molecule has 1 fully saturated rings. The molecule has 1 aromatic rings. The average molecular weight is 249 g/mol. The smallest absolute Gasteiger partial charge is 0.126 e. The molecule has 1 nitrogen and oxygen atoms in total. The summed E-state index contributed by atoms with van der Waals surface area (Å²) in [5.41, 5.74) is 7.90. The molecule has 2 atom stereocenters. The molecule has 2 N–H and O–H groups in total. The van der Waals surface area contributed by atoms with Crippen molar-refractivity contribution in [1.82, 2.24) is 0 Å². The highest BCUT2D eigenvalue weighted by Crippen LogP contribution is 2.37. The van der Waals surface area contributed by atoms with Gasteiger partial charge in [0.25, 0.3) is 0 Å². The van der Waals surface area contributed by atoms with Gasteiger partial charge in [-0.3, -0.25) is 0 Å². The second-order valence-corrected chi connectivity index (χ2v) is 5.83. The van der Waals surface area contributed by atoms with E-state index in [1.54, 1.807) is 13.0 Å². The van der Waals surface area contributed by atoms with Gasteiger partial charge in [-0.1, -0.05) is 38.3 Å². The summed E-state index contributed by atoms with van der Waals surface area (Å²) in [5, 5.41) is 0. The van der Waals surface area contributed by atoms with Crippen LogP contribution >= 0.6 is 0 Å². The average Bonchev–Trinajstić information content (AvgIpc) is 2.55. The summed E-state index contributed by atoms with van der Waals surface area (Å²) in [6, 6.07) is 5.49. The third-order valence-electron chi connectivity index (χ3n) is 4.56. The third kappa shape index (κ3) is 2.74. The monoisotopic (exact) mass is 249 g/mol. The minimum atomic E-state index is -0.321. The topological polar surface area (TPSA) is 26.0 Å². The van der Waals surface area contributed by atoms with Gasteiger partial charge in [-0.15, -0.1) is 0 Å². The van der Waals surface area contributed by atoms with E-state index < -0.39 is 0 Å². The minimum absolute atomic E-state index is 0.131. The van der Waals surface area contributed by atoms with E-state index in [1.807, 2.05) is 12.1 Å². The summed E-state index contributed by atoms with van der Waals surface area (Å²) >= 11 is 0. The van der Waals surface area contributed by atoms with E-state index in [4.69, 9.17) is 5.73 Å². The molecule has 0 saturated heterocycles. The fraction of sp³-hybridized carbons (Fsp3) is 0.625. The van der Waals surface area contributed by atoms with Gasteiger partial charge in [0.05, 0.1) is 0 Å². The maximum atomic E-state index is 13.7. The Kier molecular flexibility index (Phi) is 4.06. The molecule has 2 rings (SSSR count). The van der Waals surface area contributed by atoms with Crippen molar-refractivity contribution >= 4 is 0 Å². The summed E-state index contributed by atoms with van der Waals surface area (Å²) < 4.78 is 13.7. The third-order valence-corrected chi connectivity index (χ3v) is 4.56. The van der Waals surface area contributed by atoms with Crippen molar-refractivity contribution in [3.8, 4) is 0 Å². The highest BCUT2D eigenvalue weighted by atomic mass is 19.1. The zero-order valence-electron chi connectivity index (χ0n) is 11.5. The summed E-state index contributed by atoms with van der Waals surface area (Å²) in [6.45, 7) is 4.04. The van der Waals surface area contributed by atoms with E-state index in [1.165, 1.54) is 19.3 Å². The number of benzene rings is 1. The number of rotatable bonds is 2. The molecular weight excluding hydrogens is 225 g/mol. The van der Waals surface area contributed by atoms with Crippen LogP contribution in [0.25, 0.3) is 0 Å². The van der Waals surface area contributed by atoms with Gasteiger partial charge in [-0.2, -0.15) is 0 Å². The molecule has 2 heteroatoms. The van der Waals surface area contributed by atoms with Crippen LogP contribution in [0.2, 0.25) is 0 Å². The van der Waals surface area contributed by atoms with Crippen LogP contribution in [0.4, 0.5) is 4.39 Å². The molecule has 18 heavy (non-hydrogen) atoms. The Bertz CT molecular complexity index is 416. The lowest BCUT2D eigenvalue weighted by atomic mass is 9.83. The van der Waals surface area contributed by atoms with Crippen molar-refractivity contribution in [2.75, 3.05) is 0 Å². The standard InChI is InChI=1S/C16H24FN/c1-3-13-5-4-9-16(18,10-8-13)14-7-6-12(2)15(17)11-14/h6-7,11,13H,3-5,8-10,18H2,1-2H3. The predicted molar refractivity (Wildman–Crippen MR) is 73.9 cm³/mol. The van der Waals surface area contributed by atoms with E-state index in [0.29, 0.717) is 5.56 Å². The van der Waals surface area contributed by atoms with Gasteiger partial charge < -0.3 is 5.73 Å². The minimum Gasteiger partial charge on any atom is -0.321 e. The predicted octanol–water partition coefficient (Wildman–Crippen LogP) is 4.28. The quantitative estimate of drug-likeness (QED) is 0.778. The van der Waals surface area contributed by atoms with Crippen LogP contribution in [-0.4, -0.2) is 0 Å². The van der Waals surface area contributed by atoms with Crippen LogP contribution in [0, 0.1) is 18.7 Å². The highest BCUT2D eigenvalue weighted by Gasteiger charge is 2.30. The van der Waals surface area contributed by atoms with Crippen molar-refractivity contribution in [1.29, 1.82) is 0 Å². The Labute approximate surface area is 110 Å². The zero-order valence-corrected chi connectivity index (χ0v) is 11.5. The lowest BCUT2D eigenvalue weighted by Crippen LogP contribution is -2.36. The van der Waals surface area contributed by atoms with Gasteiger partial charge >= 0.3 is 0 Å². The fourth-order valence-electron chi connectivity index (χ4n) is 3.04. The summed E-state index contributed by atoms with van der Waals surface area (Å²) in [4.78, 5) is 0. The Morgan fingerprint density at radius 1 is 1.33 bits per heavy atom. The molecule has 1 saturated carbocycles. The largest absolute Gasteiger partial charge is 0.321 e. The van der Waals surface area contributed by atoms with Crippen molar-refractivity contribution in [3.63, 3.8) is 0 Å². The number of aryl methyl sites for hydroxylation is 1. The number of nitrogens with two attached hydrogens (primary N) is 1. The summed E-state index contributed by atoms with van der Waals surface area (Å²) in [6.07, 6.45) is 6.79. The van der Waals surface area contributed by atoms with Gasteiger partial charge in [0.1, 0.15) is 5.82 Å². The molecule has 0 spiro atoms. The Morgan fingerprint density at radius 2 is 2.11 bits per heavy atom. The Balaban J connectivity index is 2.21. The van der Waals surface area contributed by atoms with E-state index in [9.17, 15) is 4.39 Å². The molecule has 1 aliphatic rings. The van der Waals surface area contributed by atoms with E-state index in [-0.39, 0.29) is 11.4 Å². The maximum absolute atomic E-state index is 13.7. The van der Waals surface area contributed by atoms with Crippen molar-refractivity contribution in [3.05, 3.63) is 35.1 Å². The van der Waals surface area contributed by atoms with Crippen molar-refractivity contribution < 1.29 is 4.39 Å². The Hall–Kier alpha value is -0.890. The molecule has 0 bridgehead atoms. The molecule has 0 heterocycles. The molecule has 0 aromatic heterocycles. The first kappa shape index (κ1) is 13.5. The first-order chi connectivity index (χ1) is 8.55. The first-order valence-electron chi connectivity index (χ1n) is 7.10. The van der Waals surface area contributed by atoms with Gasteiger partial charge in [-0.25, -0.2) is 4.39 Å². The van der Waals surface area contributed by atoms with Crippen molar-refractivity contribution in [2.24, 2.45) is 11.7 Å². The number of hydrogen-bond acceptors (Lipinski definition) is 1. The Morgan fingerprint density at radius 3 is 2.78 bits per heavy atom. The van der Waals surface area contributed by atoms with Gasteiger partial charge in [0.2, 0.25) is 0 Å². The van der Waals surface area contributed by atoms with Gasteiger partial charge in [0, 0.05) is 5.54 Å². The van der Waals surface area contributed by atoms with Gasteiger partial charge in [-0.05, 0) is 49.3 Å². The second kappa shape index (κ2) is 5.40. The van der Waals surface area contributed by atoms with E-state index in [0.717, 1.165) is 30.7 Å². The molecule has 100 valence electrons. The molecule has 1 aliphatic carbocycles. The molecule has 1 aromatic carbocycles. The molecule has 0 radical (unpaired) electrons. The van der Waals surface area contributed by atoms with E-state index >= 15 is 0 Å². The van der Waals surface area contributed by atoms with Crippen LogP contribution in [0.3, 0.4) is 0 Å². The normalized spacial score (nSPS) is 29.0. The number of halogens is 1. The lowest BCUT2D eigenvalue weighted by Gasteiger charge is -2.29. The number of hydrogen-bond donors (Lipinski definition) is 1. The summed E-state index contributed by atoms with van der Waals surface area (Å²) in [7, 11) is 0. The first-order valence-corrected chi connectivity index (χ1v) is 7.10. The maximum Gasteiger partial charge on any atom is 0.126 e. The molecule has 0 amide bonds. The molecular formula is C16H24FN. The van der Waals surface area contributed by atoms with Crippen molar-refractivity contribution in [2.45, 2.75) is 57.9 Å². The lowest BCUT2D eigenvalue weighted by molar-refractivity contribution is 0.370. The summed E-state index contributed by atoms with van der Waals surface area (Å²) in [5.74, 6) is 0.666. The highest BCUT2D eigenvalue weighted by molar-refractivity contribution is 5.29. The van der Waals surface area contributed by atoms with Crippen LogP contribution < -0.4 is 5.73 Å². The van der Waals surface area contributed by atoms with E-state index in [2.05, 4.69) is 6.92 Å². The van der Waals surface area contributed by atoms with Crippen LogP contribution in [0.1, 0.15) is 56.6 Å². The SMILES string of the molecule is CCC1CCCC(N)(c2ccc(C)c(F)c2)CC1. The molecule has 0 aliphatic heterocycles. The van der Waals surface area contributed by atoms with Crippen LogP contribution in [-0.2, 0) is 5.54 Å². The second-order valence-electron chi connectivity index (χ2n) is 5.83. The fourth-order valence-corrected chi connectivity index (χ4v) is 3.04. The molecule has 2 unspecified atom stereocenters. The van der Waals surface area contributed by atoms with Gasteiger partial charge in [0.15, 0.2) is 0 Å².